The predicted molar refractivity (Wildman–Crippen MR) is 70.6 cm³/mol. The van der Waals surface area contributed by atoms with Crippen LogP contribution in [0.25, 0.3) is 0 Å². The second kappa shape index (κ2) is 5.19. The fraction of sp³-hybridized carbons (Fsp3) is 0.600. The smallest absolute Gasteiger partial charge is 0.0701 e. The van der Waals surface area contributed by atoms with Crippen LogP contribution in [0.3, 0.4) is 0 Å². The first-order chi connectivity index (χ1) is 7.16. The van der Waals surface area contributed by atoms with E-state index in [9.17, 15) is 0 Å². The highest BCUT2D eigenvalue weighted by Crippen LogP contribution is 2.40. The number of thioether (sulfide) groups is 1. The van der Waals surface area contributed by atoms with Crippen molar-refractivity contribution < 1.29 is 4.74 Å². The van der Waals surface area contributed by atoms with E-state index in [0.717, 1.165) is 13.2 Å². The molecule has 1 aliphatic heterocycles. The minimum Gasteiger partial charge on any atom is -0.379 e. The maximum Gasteiger partial charge on any atom is 0.0701 e. The van der Waals surface area contributed by atoms with Crippen molar-refractivity contribution in [3.05, 3.63) is 20.8 Å². The van der Waals surface area contributed by atoms with Gasteiger partial charge in [-0.15, -0.1) is 23.1 Å². The highest BCUT2D eigenvalue weighted by atomic mass is 79.9. The molecule has 1 saturated heterocycles. The molecule has 1 fully saturated rings. The number of hydrogen-bond acceptors (Lipinski definition) is 4. The zero-order valence-electron chi connectivity index (χ0n) is 8.48. The predicted octanol–water partition coefficient (Wildman–Crippen LogP) is 3.03. The number of nitrogens with two attached hydrogens (primary N) is 1. The zero-order chi connectivity index (χ0) is 10.8. The van der Waals surface area contributed by atoms with Gasteiger partial charge in [-0.1, -0.05) is 0 Å². The van der Waals surface area contributed by atoms with E-state index in [1.807, 2.05) is 11.8 Å². The van der Waals surface area contributed by atoms with Gasteiger partial charge in [0, 0.05) is 10.9 Å². The van der Waals surface area contributed by atoms with Crippen molar-refractivity contribution in [2.45, 2.75) is 23.5 Å². The van der Waals surface area contributed by atoms with E-state index in [1.165, 1.54) is 8.66 Å². The quantitative estimate of drug-likeness (QED) is 0.928. The fourth-order valence-corrected chi connectivity index (χ4v) is 4.49. The van der Waals surface area contributed by atoms with Crippen molar-refractivity contribution in [2.24, 2.45) is 5.73 Å². The van der Waals surface area contributed by atoms with Gasteiger partial charge in [0.05, 0.1) is 27.5 Å². The summed E-state index contributed by atoms with van der Waals surface area (Å²) < 4.78 is 6.36. The van der Waals surface area contributed by atoms with Gasteiger partial charge >= 0.3 is 0 Å². The zero-order valence-corrected chi connectivity index (χ0v) is 11.7. The summed E-state index contributed by atoms with van der Waals surface area (Å²) in [5.74, 6) is 0. The molecule has 0 bridgehead atoms. The maximum atomic E-state index is 6.03. The molecule has 84 valence electrons. The van der Waals surface area contributed by atoms with Gasteiger partial charge in [-0.05, 0) is 35.0 Å². The summed E-state index contributed by atoms with van der Waals surface area (Å²) in [7, 11) is 0. The van der Waals surface area contributed by atoms with E-state index >= 15 is 0 Å². The lowest BCUT2D eigenvalue weighted by molar-refractivity contribution is 0.0452. The molecule has 0 radical (unpaired) electrons. The average molecular weight is 308 g/mol. The van der Waals surface area contributed by atoms with Crippen LogP contribution in [-0.4, -0.2) is 24.5 Å². The molecular formula is C10H14BrNOS2. The molecule has 0 aromatic carbocycles. The van der Waals surface area contributed by atoms with Crippen LogP contribution in [0.5, 0.6) is 0 Å². The number of thiophene rings is 1. The second-order valence-corrected chi connectivity index (χ2v) is 7.66. The van der Waals surface area contributed by atoms with Crippen LogP contribution in [-0.2, 0) is 4.74 Å². The Morgan fingerprint density at radius 1 is 1.60 bits per heavy atom. The van der Waals surface area contributed by atoms with Gasteiger partial charge in [0.25, 0.3) is 0 Å². The van der Waals surface area contributed by atoms with E-state index in [4.69, 9.17) is 10.5 Å². The van der Waals surface area contributed by atoms with Crippen molar-refractivity contribution in [3.63, 3.8) is 0 Å². The molecule has 0 saturated carbocycles. The number of rotatable bonds is 4. The molecule has 1 aliphatic rings. The number of hydrogen-bond donors (Lipinski definition) is 1. The Labute approximate surface area is 107 Å². The highest BCUT2D eigenvalue weighted by molar-refractivity contribution is 9.11. The lowest BCUT2D eigenvalue weighted by Gasteiger charge is -2.30. The normalized spacial score (nSPS) is 21.0. The molecule has 15 heavy (non-hydrogen) atoms. The first-order valence-corrected chi connectivity index (χ1v) is 7.46. The van der Waals surface area contributed by atoms with Crippen LogP contribution in [0.1, 0.15) is 17.1 Å². The van der Waals surface area contributed by atoms with Gasteiger partial charge in [0.2, 0.25) is 0 Å². The molecule has 0 amide bonds. The summed E-state index contributed by atoms with van der Waals surface area (Å²) in [6.07, 6.45) is 0. The molecule has 2 N–H and O–H groups in total. The van der Waals surface area contributed by atoms with Crippen molar-refractivity contribution in [1.82, 2.24) is 0 Å². The van der Waals surface area contributed by atoms with Gasteiger partial charge in [-0.3, -0.25) is 0 Å². The van der Waals surface area contributed by atoms with E-state index in [0.29, 0.717) is 10.5 Å². The summed E-state index contributed by atoms with van der Waals surface area (Å²) in [6.45, 7) is 3.83. The lowest BCUT2D eigenvalue weighted by atomic mass is 10.2. The van der Waals surface area contributed by atoms with Crippen LogP contribution in [0, 0.1) is 0 Å². The van der Waals surface area contributed by atoms with Gasteiger partial charge in [0.15, 0.2) is 0 Å². The summed E-state index contributed by atoms with van der Waals surface area (Å²) >= 11 is 7.21. The van der Waals surface area contributed by atoms with Crippen LogP contribution in [0.15, 0.2) is 15.9 Å². The van der Waals surface area contributed by atoms with Crippen LogP contribution in [0.4, 0.5) is 0 Å². The third-order valence-corrected chi connectivity index (χ3v) is 5.79. The van der Waals surface area contributed by atoms with Crippen LogP contribution >= 0.6 is 39.0 Å². The lowest BCUT2D eigenvalue weighted by Crippen LogP contribution is -2.33. The van der Waals surface area contributed by atoms with Crippen molar-refractivity contribution in [2.75, 3.05) is 13.2 Å². The Morgan fingerprint density at radius 2 is 2.33 bits per heavy atom. The average Bonchev–Trinajstić information content (AvgIpc) is 2.49. The molecule has 2 heterocycles. The summed E-state index contributed by atoms with van der Waals surface area (Å²) in [4.78, 5) is 1.36. The molecular weight excluding hydrogens is 294 g/mol. The van der Waals surface area contributed by atoms with Gasteiger partial charge in [-0.2, -0.15) is 0 Å². The van der Waals surface area contributed by atoms with E-state index in [1.54, 1.807) is 11.3 Å². The van der Waals surface area contributed by atoms with E-state index in [2.05, 4.69) is 35.0 Å². The standard InChI is InChI=1S/C10H14BrNOS2/c1-6(12)10(14-7-4-13-5-7)8-2-3-9(11)15-8/h2-3,6-7,10H,4-5,12H2,1H3. The molecule has 2 unspecified atom stereocenters. The monoisotopic (exact) mass is 307 g/mol. The largest absolute Gasteiger partial charge is 0.379 e. The third kappa shape index (κ3) is 2.97. The Balaban J connectivity index is 2.04. The number of halogens is 1. The molecule has 0 aliphatic carbocycles. The van der Waals surface area contributed by atoms with Crippen molar-refractivity contribution >= 4 is 39.0 Å². The summed E-state index contributed by atoms with van der Waals surface area (Å²) in [6, 6.07) is 4.43. The Bertz CT molecular complexity index is 325. The number of ether oxygens (including phenoxy) is 1. The van der Waals surface area contributed by atoms with Crippen molar-refractivity contribution in [1.29, 1.82) is 0 Å². The molecule has 2 nitrogen and oxygen atoms in total. The summed E-state index contributed by atoms with van der Waals surface area (Å²) in [5.41, 5.74) is 6.03. The molecule has 0 spiro atoms. The molecule has 5 heteroatoms. The van der Waals surface area contributed by atoms with E-state index in [-0.39, 0.29) is 6.04 Å². The Kier molecular flexibility index (Phi) is 4.12. The SMILES string of the molecule is CC(N)C(SC1COC1)c1ccc(Br)s1. The molecule has 1 aromatic heterocycles. The molecule has 2 rings (SSSR count). The van der Waals surface area contributed by atoms with Gasteiger partial charge in [0.1, 0.15) is 0 Å². The summed E-state index contributed by atoms with van der Waals surface area (Å²) in [5, 5.41) is 1.03. The molecule has 1 aromatic rings. The topological polar surface area (TPSA) is 35.2 Å². The maximum absolute atomic E-state index is 6.03. The molecule has 2 atom stereocenters. The fourth-order valence-electron chi connectivity index (χ4n) is 1.43. The van der Waals surface area contributed by atoms with Crippen LogP contribution in [0.2, 0.25) is 0 Å². The van der Waals surface area contributed by atoms with Gasteiger partial charge < -0.3 is 10.5 Å². The minimum absolute atomic E-state index is 0.182. The van der Waals surface area contributed by atoms with Gasteiger partial charge in [-0.25, -0.2) is 0 Å². The first kappa shape index (κ1) is 11.9. The highest BCUT2D eigenvalue weighted by Gasteiger charge is 2.27. The van der Waals surface area contributed by atoms with Crippen LogP contribution < -0.4 is 5.73 Å². The Hall–Kier alpha value is 0.450. The first-order valence-electron chi connectivity index (χ1n) is 4.91. The Morgan fingerprint density at radius 3 is 2.73 bits per heavy atom. The minimum atomic E-state index is 0.182. The van der Waals surface area contributed by atoms with E-state index < -0.39 is 0 Å². The second-order valence-electron chi connectivity index (χ2n) is 3.72. The third-order valence-electron chi connectivity index (χ3n) is 2.30. The van der Waals surface area contributed by atoms with Crippen molar-refractivity contribution in [3.8, 4) is 0 Å².